The Bertz CT molecular complexity index is 2500. The van der Waals surface area contributed by atoms with Crippen LogP contribution in [-0.4, -0.2) is 89.5 Å². The molecule has 0 aliphatic carbocycles. The van der Waals surface area contributed by atoms with Crippen LogP contribution in [0.4, 0.5) is 8.78 Å². The van der Waals surface area contributed by atoms with E-state index in [0.29, 0.717) is 63.1 Å². The summed E-state index contributed by atoms with van der Waals surface area (Å²) in [6.45, 7) is 17.1. The van der Waals surface area contributed by atoms with Gasteiger partial charge in [-0.05, 0) is 102 Å². The van der Waals surface area contributed by atoms with Gasteiger partial charge in [0.2, 0.25) is 5.01 Å². The van der Waals surface area contributed by atoms with Crippen molar-refractivity contribution in [1.29, 1.82) is 0 Å². The van der Waals surface area contributed by atoms with Gasteiger partial charge in [0, 0.05) is 36.8 Å². The molecular formula is C44H51F2N6O5PS2. The molecule has 0 spiro atoms. The zero-order valence-electron chi connectivity index (χ0n) is 35.0. The summed E-state index contributed by atoms with van der Waals surface area (Å²) in [7, 11) is 0. The molecule has 3 atom stereocenters. The third kappa shape index (κ3) is 10.5. The van der Waals surface area contributed by atoms with Crippen LogP contribution in [0.25, 0.3) is 43.2 Å². The molecule has 60 heavy (non-hydrogen) atoms. The van der Waals surface area contributed by atoms with Gasteiger partial charge in [-0.2, -0.15) is 9.90 Å². The maximum Gasteiger partial charge on any atom is 0.365 e. The summed E-state index contributed by atoms with van der Waals surface area (Å²) in [6.07, 6.45) is -0.668. The van der Waals surface area contributed by atoms with Crippen LogP contribution >= 0.6 is 32.6 Å². The maximum atomic E-state index is 13.4. The summed E-state index contributed by atoms with van der Waals surface area (Å²) >= 11 is 2.31. The maximum absolute atomic E-state index is 13.4. The van der Waals surface area contributed by atoms with Crippen molar-refractivity contribution in [2.45, 2.75) is 85.8 Å². The van der Waals surface area contributed by atoms with Crippen molar-refractivity contribution in [2.24, 2.45) is 5.41 Å². The number of benzene rings is 2. The molecule has 2 N–H and O–H groups in total. The minimum atomic E-state index is -1.05. The number of fused-ring (bicyclic) bond motifs is 2. The highest BCUT2D eigenvalue weighted by Crippen LogP contribution is 2.34. The standard InChI is InChI=1S/C28H35FN4O3S.C16H13FN2O2S.H3P/c1-16(2)20-13-21(18-7-9-19(29)10-8-18)30-24-23(20)31-25(37-24)27(36)32-11-12-33(17(3)15-32)26(35)22(34)14-28(4,5)6;1-8(2)11-7-12(9-3-5-10(17)6-4-9)18-14-13(11)19-15(22-14)16(20)21;/h7-10,13,16-17,22,34H,11-12,14-15H2,1-6H3;3-8H,1-2H3,(H,20,21);1H3/t17-,22+;;/m0../s1. The van der Waals surface area contributed by atoms with Crippen molar-refractivity contribution in [3.05, 3.63) is 93.4 Å². The van der Waals surface area contributed by atoms with Gasteiger partial charge >= 0.3 is 5.97 Å². The zero-order valence-corrected chi connectivity index (χ0v) is 38.0. The number of nitrogens with zero attached hydrogens (tertiary/aromatic N) is 6. The summed E-state index contributed by atoms with van der Waals surface area (Å²) in [5, 5.41) is 19.9. The first-order valence-electron chi connectivity index (χ1n) is 19.5. The van der Waals surface area contributed by atoms with E-state index >= 15 is 0 Å². The molecule has 1 fully saturated rings. The lowest BCUT2D eigenvalue weighted by atomic mass is 9.88. The number of hydrogen-bond acceptors (Lipinski definition) is 10. The Balaban J connectivity index is 0.000000253. The Morgan fingerprint density at radius 2 is 1.22 bits per heavy atom. The highest BCUT2D eigenvalue weighted by atomic mass is 32.1. The number of aromatic nitrogens is 4. The number of rotatable bonds is 8. The molecule has 6 aromatic rings. The fraction of sp³-hybridized carbons (Fsp3) is 0.386. The van der Waals surface area contributed by atoms with Gasteiger partial charge in [0.15, 0.2) is 5.01 Å². The van der Waals surface area contributed by atoms with Gasteiger partial charge in [-0.25, -0.2) is 33.5 Å². The molecule has 16 heteroatoms. The number of amides is 2. The molecule has 1 saturated heterocycles. The van der Waals surface area contributed by atoms with E-state index in [1.54, 1.807) is 34.1 Å². The molecule has 1 aliphatic heterocycles. The second-order valence-electron chi connectivity index (χ2n) is 16.6. The lowest BCUT2D eigenvalue weighted by molar-refractivity contribution is -0.145. The van der Waals surface area contributed by atoms with Gasteiger partial charge in [-0.15, -0.1) is 0 Å². The number of carboxylic acid groups (broad SMARTS) is 1. The minimum Gasteiger partial charge on any atom is -0.476 e. The molecule has 11 nitrogen and oxygen atoms in total. The number of carboxylic acids is 1. The van der Waals surface area contributed by atoms with Crippen molar-refractivity contribution in [2.75, 3.05) is 19.6 Å². The number of hydrogen-bond donors (Lipinski definition) is 2. The number of halogens is 2. The van der Waals surface area contributed by atoms with Crippen LogP contribution < -0.4 is 0 Å². The SMILES string of the molecule is CC(C)c1cc(-c2ccc(F)cc2)nc2sc(C(=O)N3CCN(C(=O)[C@H](O)CC(C)(C)C)[C@@H](C)C3)nc12.CC(C)c1cc(-c2ccc(F)cc2)nc2sc(C(=O)O)nc12.P. The number of aliphatic hydroxyl groups excluding tert-OH is 1. The second-order valence-corrected chi connectivity index (χ2v) is 18.5. The summed E-state index contributed by atoms with van der Waals surface area (Å²) in [4.78, 5) is 60.2. The molecule has 7 rings (SSSR count). The van der Waals surface area contributed by atoms with E-state index in [1.807, 2.05) is 53.7 Å². The molecule has 0 bridgehead atoms. The first kappa shape index (κ1) is 46.2. The Kier molecular flexibility index (Phi) is 14.5. The number of piperazine rings is 1. The molecule has 1 aliphatic rings. The average Bonchev–Trinajstić information content (AvgIpc) is 3.82. The highest BCUT2D eigenvalue weighted by Gasteiger charge is 2.35. The quantitative estimate of drug-likeness (QED) is 0.143. The van der Waals surface area contributed by atoms with Gasteiger partial charge in [0.25, 0.3) is 11.8 Å². The molecule has 318 valence electrons. The fourth-order valence-corrected chi connectivity index (χ4v) is 8.68. The molecule has 0 radical (unpaired) electrons. The Hall–Kier alpha value is -4.82. The van der Waals surface area contributed by atoms with E-state index < -0.39 is 12.1 Å². The molecule has 0 saturated carbocycles. The van der Waals surface area contributed by atoms with Crippen LogP contribution in [0.1, 0.15) is 104 Å². The van der Waals surface area contributed by atoms with Crippen LogP contribution in [0, 0.1) is 17.0 Å². The first-order chi connectivity index (χ1) is 27.8. The predicted octanol–water partition coefficient (Wildman–Crippen LogP) is 9.47. The van der Waals surface area contributed by atoms with Crippen LogP contribution in [0.3, 0.4) is 0 Å². The number of carbonyl (C=O) groups is 3. The average molecular weight is 877 g/mol. The normalized spacial score (nSPS) is 14.9. The van der Waals surface area contributed by atoms with Crippen LogP contribution in [0.15, 0.2) is 60.7 Å². The lowest BCUT2D eigenvalue weighted by Gasteiger charge is -2.40. The van der Waals surface area contributed by atoms with Crippen LogP contribution in [-0.2, 0) is 4.79 Å². The van der Waals surface area contributed by atoms with E-state index in [4.69, 9.17) is 10.1 Å². The van der Waals surface area contributed by atoms with Gasteiger partial charge in [-0.3, -0.25) is 9.59 Å². The predicted molar refractivity (Wildman–Crippen MR) is 239 cm³/mol. The van der Waals surface area contributed by atoms with Crippen molar-refractivity contribution in [3.8, 4) is 22.5 Å². The van der Waals surface area contributed by atoms with Crippen LogP contribution in [0.5, 0.6) is 0 Å². The summed E-state index contributed by atoms with van der Waals surface area (Å²) in [5.41, 5.74) is 6.09. The second kappa shape index (κ2) is 18.8. The number of pyridine rings is 2. The van der Waals surface area contributed by atoms with Crippen molar-refractivity contribution < 1.29 is 33.4 Å². The molecule has 1 unspecified atom stereocenters. The Morgan fingerprint density at radius 1 is 0.767 bits per heavy atom. The Morgan fingerprint density at radius 3 is 1.63 bits per heavy atom. The molecular weight excluding hydrogens is 826 g/mol. The van der Waals surface area contributed by atoms with Crippen molar-refractivity contribution >= 4 is 71.1 Å². The molecule has 4 aromatic heterocycles. The minimum absolute atomic E-state index is 0. The molecule has 2 aromatic carbocycles. The zero-order chi connectivity index (χ0) is 42.9. The third-order valence-electron chi connectivity index (χ3n) is 9.97. The molecule has 2 amide bonds. The monoisotopic (exact) mass is 876 g/mol. The third-order valence-corrected chi connectivity index (χ3v) is 11.8. The topological polar surface area (TPSA) is 150 Å². The molecule has 5 heterocycles. The van der Waals surface area contributed by atoms with Gasteiger partial charge in [0.1, 0.15) is 38.4 Å². The summed E-state index contributed by atoms with van der Waals surface area (Å²) in [5.74, 6) is -1.80. The van der Waals surface area contributed by atoms with E-state index in [1.165, 1.54) is 35.6 Å². The number of aromatic carboxylic acids is 1. The Labute approximate surface area is 359 Å². The van der Waals surface area contributed by atoms with E-state index in [2.05, 4.69) is 28.8 Å². The fourth-order valence-electron chi connectivity index (χ4n) is 6.93. The number of aliphatic hydroxyl groups is 1. The summed E-state index contributed by atoms with van der Waals surface area (Å²) < 4.78 is 26.5. The van der Waals surface area contributed by atoms with Crippen LogP contribution in [0.2, 0.25) is 0 Å². The first-order valence-corrected chi connectivity index (χ1v) is 21.1. The van der Waals surface area contributed by atoms with E-state index in [-0.39, 0.29) is 61.6 Å². The van der Waals surface area contributed by atoms with Gasteiger partial charge < -0.3 is 20.0 Å². The van der Waals surface area contributed by atoms with E-state index in [9.17, 15) is 28.3 Å². The van der Waals surface area contributed by atoms with E-state index in [0.717, 1.165) is 33.6 Å². The van der Waals surface area contributed by atoms with Gasteiger partial charge in [-0.1, -0.05) is 71.1 Å². The smallest absolute Gasteiger partial charge is 0.365 e. The summed E-state index contributed by atoms with van der Waals surface area (Å²) in [6, 6.07) is 15.9. The van der Waals surface area contributed by atoms with Crippen molar-refractivity contribution in [3.63, 3.8) is 0 Å². The van der Waals surface area contributed by atoms with Gasteiger partial charge in [0.05, 0.1) is 11.4 Å². The lowest BCUT2D eigenvalue weighted by Crippen LogP contribution is -2.57. The highest BCUT2D eigenvalue weighted by molar-refractivity contribution is 7.20. The largest absolute Gasteiger partial charge is 0.476 e. The van der Waals surface area contributed by atoms with Crippen molar-refractivity contribution in [1.82, 2.24) is 29.7 Å². The number of thiazole rings is 2. The number of carbonyl (C=O) groups excluding carboxylic acids is 2.